The molecule has 158 valence electrons. The lowest BCUT2D eigenvalue weighted by Gasteiger charge is -2.33. The number of ether oxygens (including phenoxy) is 2. The number of nitrogens with one attached hydrogen (secondary N) is 1. The quantitative estimate of drug-likeness (QED) is 0.690. The summed E-state index contributed by atoms with van der Waals surface area (Å²) in [5.74, 6) is 2.26. The molecule has 0 bridgehead atoms. The molecule has 0 saturated heterocycles. The number of hydrogen-bond donors (Lipinski definition) is 1. The van der Waals surface area contributed by atoms with E-state index >= 15 is 0 Å². The van der Waals surface area contributed by atoms with Crippen molar-refractivity contribution in [1.29, 1.82) is 0 Å². The van der Waals surface area contributed by atoms with Gasteiger partial charge in [-0.1, -0.05) is 30.5 Å². The van der Waals surface area contributed by atoms with Crippen LogP contribution in [0.4, 0.5) is 0 Å². The molecule has 29 heavy (non-hydrogen) atoms. The minimum absolute atomic E-state index is 0.124. The molecular weight excluding hydrogens is 372 g/mol. The van der Waals surface area contributed by atoms with Gasteiger partial charge in [0.2, 0.25) is 11.8 Å². The fourth-order valence-electron chi connectivity index (χ4n) is 3.81. The lowest BCUT2D eigenvalue weighted by atomic mass is 9.93. The third-order valence-corrected chi connectivity index (χ3v) is 5.37. The summed E-state index contributed by atoms with van der Waals surface area (Å²) in [5.41, 5.74) is 1.14. The molecular formula is C21H30N4O4. The Hall–Kier alpha value is -2.61. The molecule has 8 heteroatoms. The first-order valence-electron chi connectivity index (χ1n) is 10.1. The molecule has 1 aliphatic carbocycles. The number of carbonyl (C=O) groups excluding carboxylic acids is 1. The van der Waals surface area contributed by atoms with Crippen LogP contribution in [0, 0.1) is 0 Å². The van der Waals surface area contributed by atoms with Gasteiger partial charge in [-0.3, -0.25) is 9.69 Å². The summed E-state index contributed by atoms with van der Waals surface area (Å²) in [5, 5.41) is 6.52. The van der Waals surface area contributed by atoms with E-state index in [4.69, 9.17) is 14.0 Å². The van der Waals surface area contributed by atoms with Crippen LogP contribution in [0.1, 0.15) is 49.4 Å². The predicted molar refractivity (Wildman–Crippen MR) is 108 cm³/mol. The molecule has 0 spiro atoms. The van der Waals surface area contributed by atoms with Crippen molar-refractivity contribution in [2.75, 3.05) is 21.3 Å². The molecule has 3 rings (SSSR count). The summed E-state index contributed by atoms with van der Waals surface area (Å²) < 4.78 is 16.2. The molecule has 0 atom stereocenters. The van der Waals surface area contributed by atoms with E-state index in [2.05, 4.69) is 26.4 Å². The van der Waals surface area contributed by atoms with Crippen LogP contribution in [0.15, 0.2) is 22.7 Å². The zero-order valence-corrected chi connectivity index (χ0v) is 17.4. The molecule has 1 N–H and O–H groups in total. The number of nitrogens with zero attached hydrogens (tertiary/aromatic N) is 3. The van der Waals surface area contributed by atoms with Crippen molar-refractivity contribution in [2.24, 2.45) is 0 Å². The minimum atomic E-state index is -0.133. The van der Waals surface area contributed by atoms with Gasteiger partial charge in [0.05, 0.1) is 27.2 Å². The Bertz CT molecular complexity index is 802. The molecule has 1 saturated carbocycles. The van der Waals surface area contributed by atoms with Crippen molar-refractivity contribution in [3.8, 4) is 11.5 Å². The van der Waals surface area contributed by atoms with Gasteiger partial charge in [-0.15, -0.1) is 0 Å². The van der Waals surface area contributed by atoms with Crippen LogP contribution in [0.3, 0.4) is 0 Å². The molecule has 2 aromatic rings. The summed E-state index contributed by atoms with van der Waals surface area (Å²) in [7, 11) is 4.88. The second-order valence-electron chi connectivity index (χ2n) is 7.34. The highest BCUT2D eigenvalue weighted by atomic mass is 16.5. The summed E-state index contributed by atoms with van der Waals surface area (Å²) in [6.45, 7) is 1.30. The first-order chi connectivity index (χ1) is 14.1. The second kappa shape index (κ2) is 10.2. The summed E-state index contributed by atoms with van der Waals surface area (Å²) in [6.07, 6.45) is 6.20. The smallest absolute Gasteiger partial charge is 0.240 e. The third kappa shape index (κ3) is 5.69. The average Bonchev–Trinajstić information content (AvgIpc) is 3.20. The second-order valence-corrected chi connectivity index (χ2v) is 7.34. The van der Waals surface area contributed by atoms with Gasteiger partial charge in [-0.2, -0.15) is 4.98 Å². The Kier molecular flexibility index (Phi) is 7.46. The van der Waals surface area contributed by atoms with Crippen LogP contribution >= 0.6 is 0 Å². The molecule has 0 unspecified atom stereocenters. The maximum absolute atomic E-state index is 11.5. The van der Waals surface area contributed by atoms with Crippen molar-refractivity contribution in [3.63, 3.8) is 0 Å². The summed E-state index contributed by atoms with van der Waals surface area (Å²) >= 11 is 0. The van der Waals surface area contributed by atoms with Crippen molar-refractivity contribution >= 4 is 5.91 Å². The first kappa shape index (κ1) is 21.1. The van der Waals surface area contributed by atoms with Gasteiger partial charge in [0.15, 0.2) is 17.3 Å². The van der Waals surface area contributed by atoms with Gasteiger partial charge in [0.25, 0.3) is 0 Å². The van der Waals surface area contributed by atoms with E-state index < -0.39 is 0 Å². The van der Waals surface area contributed by atoms with E-state index in [0.29, 0.717) is 24.3 Å². The van der Waals surface area contributed by atoms with Crippen molar-refractivity contribution in [2.45, 2.75) is 57.7 Å². The van der Waals surface area contributed by atoms with Gasteiger partial charge >= 0.3 is 0 Å². The van der Waals surface area contributed by atoms with Crippen molar-refractivity contribution < 1.29 is 18.8 Å². The predicted octanol–water partition coefficient (Wildman–Crippen LogP) is 2.71. The van der Waals surface area contributed by atoms with E-state index in [1.165, 1.54) is 19.3 Å². The number of likely N-dealkylation sites (N-methyl/N-ethyl adjacent to an activating group) is 1. The van der Waals surface area contributed by atoms with Crippen LogP contribution in [-0.4, -0.2) is 48.3 Å². The highest BCUT2D eigenvalue weighted by Crippen LogP contribution is 2.30. The van der Waals surface area contributed by atoms with Crippen molar-refractivity contribution in [1.82, 2.24) is 20.4 Å². The molecule has 8 nitrogen and oxygen atoms in total. The number of aromatic nitrogens is 2. The fourth-order valence-corrected chi connectivity index (χ4v) is 3.81. The number of rotatable bonds is 9. The van der Waals surface area contributed by atoms with Crippen LogP contribution in [0.2, 0.25) is 0 Å². The Labute approximate surface area is 171 Å². The number of benzene rings is 1. The zero-order chi connectivity index (χ0) is 20.6. The largest absolute Gasteiger partial charge is 0.493 e. The zero-order valence-electron chi connectivity index (χ0n) is 17.4. The van der Waals surface area contributed by atoms with Crippen LogP contribution in [0.5, 0.6) is 11.5 Å². The normalized spacial score (nSPS) is 14.8. The third-order valence-electron chi connectivity index (χ3n) is 5.37. The lowest BCUT2D eigenvalue weighted by Crippen LogP contribution is -2.36. The Balaban J connectivity index is 1.75. The maximum atomic E-state index is 11.5. The Morgan fingerprint density at radius 2 is 1.93 bits per heavy atom. The topological polar surface area (TPSA) is 89.7 Å². The van der Waals surface area contributed by atoms with Gasteiger partial charge in [-0.05, 0) is 30.5 Å². The molecule has 1 aromatic carbocycles. The summed E-state index contributed by atoms with van der Waals surface area (Å²) in [4.78, 5) is 18.3. The van der Waals surface area contributed by atoms with E-state index in [0.717, 1.165) is 36.4 Å². The molecule has 1 amide bonds. The van der Waals surface area contributed by atoms with E-state index in [9.17, 15) is 4.79 Å². The monoisotopic (exact) mass is 402 g/mol. The Morgan fingerprint density at radius 3 is 2.62 bits per heavy atom. The lowest BCUT2D eigenvalue weighted by molar-refractivity contribution is -0.120. The number of carbonyl (C=O) groups is 1. The van der Waals surface area contributed by atoms with Crippen LogP contribution in [-0.2, 0) is 24.3 Å². The van der Waals surface area contributed by atoms with E-state index in [1.807, 2.05) is 12.1 Å². The van der Waals surface area contributed by atoms with Crippen molar-refractivity contribution in [3.05, 3.63) is 35.5 Å². The average molecular weight is 402 g/mol. The SMILES string of the molecule is CNC(=O)Cc1noc(CN(Cc2ccc(OC)c(OC)c2)C2CCCCC2)n1. The Morgan fingerprint density at radius 1 is 1.17 bits per heavy atom. The first-order valence-corrected chi connectivity index (χ1v) is 10.1. The van der Waals surface area contributed by atoms with Crippen LogP contribution in [0.25, 0.3) is 0 Å². The van der Waals surface area contributed by atoms with Gasteiger partial charge in [0.1, 0.15) is 0 Å². The summed E-state index contributed by atoms with van der Waals surface area (Å²) in [6, 6.07) is 6.47. The number of methoxy groups -OCH3 is 2. The standard InChI is InChI=1S/C21H30N4O4/c1-22-20(26)12-19-23-21(29-24-19)14-25(16-7-5-4-6-8-16)13-15-9-10-17(27-2)18(11-15)28-3/h9-11,16H,4-8,12-14H2,1-3H3,(H,22,26). The maximum Gasteiger partial charge on any atom is 0.240 e. The molecule has 1 aromatic heterocycles. The molecule has 1 heterocycles. The molecule has 1 aliphatic rings. The van der Waals surface area contributed by atoms with Gasteiger partial charge in [-0.25, -0.2) is 0 Å². The molecule has 1 fully saturated rings. The highest BCUT2D eigenvalue weighted by Gasteiger charge is 2.24. The van der Waals surface area contributed by atoms with E-state index in [-0.39, 0.29) is 12.3 Å². The van der Waals surface area contributed by atoms with E-state index in [1.54, 1.807) is 21.3 Å². The molecule has 0 radical (unpaired) electrons. The van der Waals surface area contributed by atoms with Gasteiger partial charge in [0, 0.05) is 19.6 Å². The molecule has 0 aliphatic heterocycles. The fraction of sp³-hybridized carbons (Fsp3) is 0.571. The van der Waals surface area contributed by atoms with Gasteiger partial charge < -0.3 is 19.3 Å². The van der Waals surface area contributed by atoms with Crippen LogP contribution < -0.4 is 14.8 Å². The highest BCUT2D eigenvalue weighted by molar-refractivity contribution is 5.77. The number of amides is 1. The minimum Gasteiger partial charge on any atom is -0.493 e. The number of hydrogen-bond acceptors (Lipinski definition) is 7.